The molecule has 2 aromatic rings. The molecule has 2 aromatic carbocycles. The van der Waals surface area contributed by atoms with Crippen LogP contribution in [0.3, 0.4) is 0 Å². The van der Waals surface area contributed by atoms with Crippen LogP contribution in [0.2, 0.25) is 0 Å². The first-order chi connectivity index (χ1) is 11.3. The molecule has 1 aliphatic rings. The van der Waals surface area contributed by atoms with Gasteiger partial charge in [-0.25, -0.2) is 0 Å². The normalized spacial score (nSPS) is 16.0. The zero-order valence-corrected chi connectivity index (χ0v) is 13.2. The standard InChI is InChI=1S/C19H20N2O2/c1-2-3-13-21(15-9-5-4-6-10-15)19-20-17-12-8-7-11-16(17)18(14-22)23-19/h4-12,14,18H,2-3,13H2,1H3. The molecular weight excluding hydrogens is 288 g/mol. The molecule has 4 heteroatoms. The highest BCUT2D eigenvalue weighted by atomic mass is 16.5. The van der Waals surface area contributed by atoms with Crippen LogP contribution in [0.5, 0.6) is 0 Å². The Morgan fingerprint density at radius 2 is 1.87 bits per heavy atom. The zero-order chi connectivity index (χ0) is 16.1. The van der Waals surface area contributed by atoms with E-state index in [1.807, 2.05) is 59.5 Å². The van der Waals surface area contributed by atoms with Crippen LogP contribution in [-0.2, 0) is 9.53 Å². The van der Waals surface area contributed by atoms with Gasteiger partial charge in [-0.15, -0.1) is 0 Å². The number of para-hydroxylation sites is 2. The van der Waals surface area contributed by atoms with Gasteiger partial charge in [0.2, 0.25) is 0 Å². The molecule has 0 aliphatic carbocycles. The summed E-state index contributed by atoms with van der Waals surface area (Å²) >= 11 is 0. The van der Waals surface area contributed by atoms with Gasteiger partial charge in [0.05, 0.1) is 5.69 Å². The van der Waals surface area contributed by atoms with Crippen LogP contribution in [0, 0.1) is 0 Å². The molecule has 0 aromatic heterocycles. The Kier molecular flexibility index (Phi) is 4.71. The van der Waals surface area contributed by atoms with Gasteiger partial charge in [0.1, 0.15) is 0 Å². The average Bonchev–Trinajstić information content (AvgIpc) is 2.62. The number of aliphatic imine (C=N–C) groups is 1. The van der Waals surface area contributed by atoms with Crippen LogP contribution in [0.25, 0.3) is 0 Å². The maximum absolute atomic E-state index is 11.4. The Labute approximate surface area is 136 Å². The van der Waals surface area contributed by atoms with E-state index in [9.17, 15) is 4.79 Å². The van der Waals surface area contributed by atoms with Crippen LogP contribution in [0.4, 0.5) is 11.4 Å². The predicted octanol–water partition coefficient (Wildman–Crippen LogP) is 4.25. The van der Waals surface area contributed by atoms with Crippen LogP contribution >= 0.6 is 0 Å². The molecule has 1 atom stereocenters. The first kappa shape index (κ1) is 15.3. The van der Waals surface area contributed by atoms with E-state index in [1.165, 1.54) is 0 Å². The van der Waals surface area contributed by atoms with Gasteiger partial charge in [0, 0.05) is 17.8 Å². The second-order valence-corrected chi connectivity index (χ2v) is 5.47. The molecule has 0 saturated heterocycles. The number of carbonyl (C=O) groups excluding carboxylic acids is 1. The van der Waals surface area contributed by atoms with E-state index in [0.29, 0.717) is 6.02 Å². The summed E-state index contributed by atoms with van der Waals surface area (Å²) in [6.07, 6.45) is 2.32. The van der Waals surface area contributed by atoms with E-state index >= 15 is 0 Å². The lowest BCUT2D eigenvalue weighted by Crippen LogP contribution is -2.36. The van der Waals surface area contributed by atoms with Crippen LogP contribution in [-0.4, -0.2) is 18.9 Å². The summed E-state index contributed by atoms with van der Waals surface area (Å²) in [5.74, 6) is 0. The van der Waals surface area contributed by atoms with Gasteiger partial charge in [-0.3, -0.25) is 9.69 Å². The molecule has 1 unspecified atom stereocenters. The fraction of sp³-hybridized carbons (Fsp3) is 0.263. The number of carbonyl (C=O) groups is 1. The summed E-state index contributed by atoms with van der Waals surface area (Å²) < 4.78 is 5.88. The molecule has 4 nitrogen and oxygen atoms in total. The van der Waals surface area contributed by atoms with Gasteiger partial charge in [-0.05, 0) is 24.6 Å². The van der Waals surface area contributed by atoms with Crippen molar-refractivity contribution in [2.45, 2.75) is 25.9 Å². The second kappa shape index (κ2) is 7.09. The number of unbranched alkanes of at least 4 members (excludes halogenated alkanes) is 1. The van der Waals surface area contributed by atoms with E-state index in [4.69, 9.17) is 4.74 Å². The minimum Gasteiger partial charge on any atom is -0.449 e. The molecule has 1 aliphatic heterocycles. The smallest absolute Gasteiger partial charge is 0.298 e. The molecule has 0 radical (unpaired) electrons. The Morgan fingerprint density at radius 3 is 2.61 bits per heavy atom. The van der Waals surface area contributed by atoms with Gasteiger partial charge in [0.15, 0.2) is 12.4 Å². The molecule has 3 rings (SSSR count). The van der Waals surface area contributed by atoms with Crippen molar-refractivity contribution >= 4 is 23.7 Å². The van der Waals surface area contributed by atoms with Crippen LogP contribution in [0.15, 0.2) is 59.6 Å². The maximum atomic E-state index is 11.4. The molecule has 0 bridgehead atoms. The van der Waals surface area contributed by atoms with Crippen molar-refractivity contribution in [3.8, 4) is 0 Å². The zero-order valence-electron chi connectivity index (χ0n) is 13.2. The van der Waals surface area contributed by atoms with Crippen LogP contribution < -0.4 is 4.90 Å². The number of ether oxygens (including phenoxy) is 1. The third kappa shape index (κ3) is 3.26. The van der Waals surface area contributed by atoms with Crippen LogP contribution in [0.1, 0.15) is 31.4 Å². The molecule has 0 N–H and O–H groups in total. The third-order valence-electron chi connectivity index (χ3n) is 3.85. The minimum atomic E-state index is -0.605. The summed E-state index contributed by atoms with van der Waals surface area (Å²) in [4.78, 5) is 18.1. The van der Waals surface area contributed by atoms with Gasteiger partial charge < -0.3 is 4.74 Å². The van der Waals surface area contributed by atoms with Crippen molar-refractivity contribution in [1.29, 1.82) is 0 Å². The quantitative estimate of drug-likeness (QED) is 0.775. The third-order valence-corrected chi connectivity index (χ3v) is 3.85. The lowest BCUT2D eigenvalue weighted by atomic mass is 10.1. The van der Waals surface area contributed by atoms with E-state index in [-0.39, 0.29) is 0 Å². The number of nitrogens with zero attached hydrogens (tertiary/aromatic N) is 2. The fourth-order valence-corrected chi connectivity index (χ4v) is 2.62. The van der Waals surface area contributed by atoms with Crippen molar-refractivity contribution < 1.29 is 9.53 Å². The van der Waals surface area contributed by atoms with E-state index in [0.717, 1.165) is 42.6 Å². The molecule has 1 heterocycles. The van der Waals surface area contributed by atoms with Gasteiger partial charge in [0.25, 0.3) is 6.02 Å². The molecule has 118 valence electrons. The van der Waals surface area contributed by atoms with E-state index < -0.39 is 6.10 Å². The first-order valence-electron chi connectivity index (χ1n) is 7.95. The summed E-state index contributed by atoms with van der Waals surface area (Å²) in [6, 6.07) is 18.1. The Bertz CT molecular complexity index is 698. The number of fused-ring (bicyclic) bond motifs is 1. The number of aldehydes is 1. The highest BCUT2D eigenvalue weighted by Gasteiger charge is 2.27. The molecule has 0 fully saturated rings. The summed E-state index contributed by atoms with van der Waals surface area (Å²) in [5.41, 5.74) is 2.63. The lowest BCUT2D eigenvalue weighted by Gasteiger charge is -2.30. The highest BCUT2D eigenvalue weighted by Crippen LogP contribution is 2.33. The monoisotopic (exact) mass is 308 g/mol. The summed E-state index contributed by atoms with van der Waals surface area (Å²) in [6.45, 7) is 2.95. The van der Waals surface area contributed by atoms with Gasteiger partial charge in [-0.2, -0.15) is 4.99 Å². The lowest BCUT2D eigenvalue weighted by molar-refractivity contribution is -0.114. The van der Waals surface area contributed by atoms with Crippen molar-refractivity contribution in [1.82, 2.24) is 0 Å². The highest BCUT2D eigenvalue weighted by molar-refractivity contribution is 5.96. The molecule has 0 spiro atoms. The van der Waals surface area contributed by atoms with Gasteiger partial charge >= 0.3 is 0 Å². The fourth-order valence-electron chi connectivity index (χ4n) is 2.62. The molecule has 0 amide bonds. The number of amidine groups is 1. The number of hydrogen-bond donors (Lipinski definition) is 0. The summed E-state index contributed by atoms with van der Waals surface area (Å²) in [5, 5.41) is 0. The van der Waals surface area contributed by atoms with E-state index in [1.54, 1.807) is 0 Å². The SMILES string of the molecule is CCCCN(C1=Nc2ccccc2C(C=O)O1)c1ccccc1. The van der Waals surface area contributed by atoms with Gasteiger partial charge in [-0.1, -0.05) is 49.7 Å². The number of rotatable bonds is 5. The molecular formula is C19H20N2O2. The minimum absolute atomic E-state index is 0.487. The average molecular weight is 308 g/mol. The molecule has 0 saturated carbocycles. The second-order valence-electron chi connectivity index (χ2n) is 5.47. The molecule has 23 heavy (non-hydrogen) atoms. The number of anilines is 1. The Morgan fingerprint density at radius 1 is 1.13 bits per heavy atom. The van der Waals surface area contributed by atoms with Crippen molar-refractivity contribution in [3.05, 3.63) is 60.2 Å². The van der Waals surface area contributed by atoms with Crippen molar-refractivity contribution in [2.75, 3.05) is 11.4 Å². The predicted molar refractivity (Wildman–Crippen MR) is 92.1 cm³/mol. The number of benzene rings is 2. The van der Waals surface area contributed by atoms with Crippen molar-refractivity contribution in [3.63, 3.8) is 0 Å². The Balaban J connectivity index is 1.99. The largest absolute Gasteiger partial charge is 0.449 e. The maximum Gasteiger partial charge on any atom is 0.298 e. The van der Waals surface area contributed by atoms with E-state index in [2.05, 4.69) is 11.9 Å². The number of hydrogen-bond acceptors (Lipinski definition) is 4. The first-order valence-corrected chi connectivity index (χ1v) is 7.95. The topological polar surface area (TPSA) is 41.9 Å². The summed E-state index contributed by atoms with van der Waals surface area (Å²) in [7, 11) is 0. The van der Waals surface area contributed by atoms with Crippen molar-refractivity contribution in [2.24, 2.45) is 4.99 Å². The Hall–Kier alpha value is -2.62.